The molecular weight excluding hydrogens is 242 g/mol. The molecule has 0 saturated carbocycles. The molecule has 0 bridgehead atoms. The smallest absolute Gasteiger partial charge is 0.270 e. The first-order chi connectivity index (χ1) is 6.96. The minimum Gasteiger partial charge on any atom is -0.356 e. The van der Waals surface area contributed by atoms with Crippen molar-refractivity contribution < 1.29 is 17.5 Å². The van der Waals surface area contributed by atoms with Crippen LogP contribution in [0, 0.1) is 0 Å². The van der Waals surface area contributed by atoms with Gasteiger partial charge in [-0.2, -0.15) is 8.42 Å². The molecule has 1 aromatic heterocycles. The molecule has 0 unspecified atom stereocenters. The summed E-state index contributed by atoms with van der Waals surface area (Å²) in [4.78, 5) is 0. The average Bonchev–Trinajstić information content (AvgIpc) is 2.46. The van der Waals surface area contributed by atoms with Gasteiger partial charge in [0.1, 0.15) is 11.4 Å². The maximum Gasteiger partial charge on any atom is 0.270 e. The molecule has 0 fully saturated rings. The number of benzene rings is 1. The van der Waals surface area contributed by atoms with Crippen molar-refractivity contribution in [2.75, 3.05) is 0 Å². The standard InChI is InChI=1S/C8H6ClNO4S/c9-5-1-2-8-6(3-5)7(10-14-8)4-15(11,12)13/h1-3H,4H2,(H,11,12,13). The molecule has 2 aromatic rings. The maximum atomic E-state index is 10.7. The Bertz CT molecular complexity index is 604. The van der Waals surface area contributed by atoms with Gasteiger partial charge in [0, 0.05) is 10.4 Å². The first kappa shape index (κ1) is 10.4. The van der Waals surface area contributed by atoms with Gasteiger partial charge in [-0.15, -0.1) is 0 Å². The fourth-order valence-electron chi connectivity index (χ4n) is 1.24. The van der Waals surface area contributed by atoms with E-state index in [2.05, 4.69) is 5.16 Å². The van der Waals surface area contributed by atoms with Gasteiger partial charge in [-0.05, 0) is 18.2 Å². The Hall–Kier alpha value is -1.11. The molecule has 5 nitrogen and oxygen atoms in total. The van der Waals surface area contributed by atoms with Crippen molar-refractivity contribution in [1.82, 2.24) is 5.16 Å². The Morgan fingerprint density at radius 1 is 1.47 bits per heavy atom. The normalized spacial score (nSPS) is 12.1. The van der Waals surface area contributed by atoms with Crippen LogP contribution in [-0.2, 0) is 15.9 Å². The van der Waals surface area contributed by atoms with Crippen molar-refractivity contribution in [2.45, 2.75) is 5.75 Å². The Morgan fingerprint density at radius 3 is 2.87 bits per heavy atom. The molecule has 0 aliphatic carbocycles. The van der Waals surface area contributed by atoms with E-state index in [-0.39, 0.29) is 5.69 Å². The largest absolute Gasteiger partial charge is 0.356 e. The first-order valence-electron chi connectivity index (χ1n) is 3.95. The number of nitrogens with zero attached hydrogens (tertiary/aromatic N) is 1. The number of halogens is 1. The van der Waals surface area contributed by atoms with Crippen LogP contribution in [0.2, 0.25) is 5.02 Å². The van der Waals surface area contributed by atoms with Crippen LogP contribution in [0.25, 0.3) is 11.0 Å². The second kappa shape index (κ2) is 3.48. The van der Waals surface area contributed by atoms with E-state index in [0.717, 1.165) is 0 Å². The van der Waals surface area contributed by atoms with Crippen molar-refractivity contribution >= 4 is 32.7 Å². The minimum absolute atomic E-state index is 0.148. The van der Waals surface area contributed by atoms with E-state index in [1.807, 2.05) is 0 Å². The van der Waals surface area contributed by atoms with Crippen molar-refractivity contribution in [2.24, 2.45) is 0 Å². The van der Waals surface area contributed by atoms with E-state index in [1.54, 1.807) is 12.1 Å². The molecule has 0 spiro atoms. The third-order valence-corrected chi connectivity index (χ3v) is 2.70. The third-order valence-electron chi connectivity index (χ3n) is 1.83. The summed E-state index contributed by atoms with van der Waals surface area (Å²) in [6.07, 6.45) is 0. The zero-order valence-electron chi connectivity index (χ0n) is 7.34. The molecule has 7 heteroatoms. The van der Waals surface area contributed by atoms with E-state index < -0.39 is 15.9 Å². The van der Waals surface area contributed by atoms with Crippen molar-refractivity contribution in [3.05, 3.63) is 28.9 Å². The third kappa shape index (κ3) is 2.28. The second-order valence-electron chi connectivity index (χ2n) is 3.00. The summed E-state index contributed by atoms with van der Waals surface area (Å²) in [5.41, 5.74) is 0.577. The lowest BCUT2D eigenvalue weighted by molar-refractivity contribution is 0.443. The molecule has 2 rings (SSSR count). The number of rotatable bonds is 2. The highest BCUT2D eigenvalue weighted by Crippen LogP contribution is 2.23. The molecule has 1 N–H and O–H groups in total. The fourth-order valence-corrected chi connectivity index (χ4v) is 1.96. The van der Waals surface area contributed by atoms with Crippen molar-refractivity contribution in [3.8, 4) is 0 Å². The summed E-state index contributed by atoms with van der Waals surface area (Å²) in [6.45, 7) is 0. The van der Waals surface area contributed by atoms with Gasteiger partial charge in [0.2, 0.25) is 0 Å². The van der Waals surface area contributed by atoms with Crippen molar-refractivity contribution in [1.29, 1.82) is 0 Å². The number of fused-ring (bicyclic) bond motifs is 1. The van der Waals surface area contributed by atoms with E-state index in [9.17, 15) is 8.42 Å². The topological polar surface area (TPSA) is 80.4 Å². The first-order valence-corrected chi connectivity index (χ1v) is 5.93. The van der Waals surface area contributed by atoms with E-state index in [1.165, 1.54) is 6.07 Å². The SMILES string of the molecule is O=S(=O)(O)Cc1noc2ccc(Cl)cc12. The Labute approximate surface area is 90.4 Å². The monoisotopic (exact) mass is 247 g/mol. The van der Waals surface area contributed by atoms with Gasteiger partial charge >= 0.3 is 0 Å². The Morgan fingerprint density at radius 2 is 2.20 bits per heavy atom. The van der Waals surface area contributed by atoms with E-state index in [4.69, 9.17) is 20.7 Å². The molecule has 0 radical (unpaired) electrons. The predicted molar refractivity (Wildman–Crippen MR) is 54.3 cm³/mol. The van der Waals surface area contributed by atoms with Crippen LogP contribution in [0.5, 0.6) is 0 Å². The lowest BCUT2D eigenvalue weighted by Crippen LogP contribution is -2.01. The van der Waals surface area contributed by atoms with Crippen LogP contribution in [-0.4, -0.2) is 18.1 Å². The maximum absolute atomic E-state index is 10.7. The average molecular weight is 248 g/mol. The predicted octanol–water partition coefficient (Wildman–Crippen LogP) is 1.87. The number of hydrogen-bond donors (Lipinski definition) is 1. The molecule has 1 aromatic carbocycles. The van der Waals surface area contributed by atoms with Crippen LogP contribution in [0.1, 0.15) is 5.69 Å². The quantitative estimate of drug-likeness (QED) is 0.820. The zero-order chi connectivity index (χ0) is 11.1. The van der Waals surface area contributed by atoms with Gasteiger partial charge in [0.25, 0.3) is 10.1 Å². The van der Waals surface area contributed by atoms with Gasteiger partial charge in [-0.1, -0.05) is 16.8 Å². The van der Waals surface area contributed by atoms with Gasteiger partial charge < -0.3 is 4.52 Å². The van der Waals surface area contributed by atoms with Crippen LogP contribution >= 0.6 is 11.6 Å². The summed E-state index contributed by atoms with van der Waals surface area (Å²) < 4.78 is 34.9. The van der Waals surface area contributed by atoms with Crippen LogP contribution in [0.4, 0.5) is 0 Å². The Kier molecular flexibility index (Phi) is 2.41. The molecule has 15 heavy (non-hydrogen) atoms. The molecule has 0 amide bonds. The summed E-state index contributed by atoms with van der Waals surface area (Å²) in [5, 5.41) is 4.48. The second-order valence-corrected chi connectivity index (χ2v) is 4.88. The minimum atomic E-state index is -4.12. The van der Waals surface area contributed by atoms with E-state index >= 15 is 0 Å². The number of hydrogen-bond acceptors (Lipinski definition) is 4. The summed E-state index contributed by atoms with van der Waals surface area (Å²) in [7, 11) is -4.12. The molecule has 0 atom stereocenters. The van der Waals surface area contributed by atoms with Crippen LogP contribution < -0.4 is 0 Å². The highest BCUT2D eigenvalue weighted by atomic mass is 35.5. The van der Waals surface area contributed by atoms with Crippen LogP contribution in [0.3, 0.4) is 0 Å². The van der Waals surface area contributed by atoms with Crippen molar-refractivity contribution in [3.63, 3.8) is 0 Å². The summed E-state index contributed by atoms with van der Waals surface area (Å²) >= 11 is 5.74. The lowest BCUT2D eigenvalue weighted by Gasteiger charge is -1.93. The molecular formula is C8H6ClNO4S. The van der Waals surface area contributed by atoms with Gasteiger partial charge in [0.15, 0.2) is 5.58 Å². The van der Waals surface area contributed by atoms with Gasteiger partial charge in [-0.3, -0.25) is 4.55 Å². The zero-order valence-corrected chi connectivity index (χ0v) is 8.92. The summed E-state index contributed by atoms with van der Waals surface area (Å²) in [5.74, 6) is -0.583. The lowest BCUT2D eigenvalue weighted by atomic mass is 10.2. The van der Waals surface area contributed by atoms with Gasteiger partial charge in [0.05, 0.1) is 0 Å². The molecule has 0 aliphatic heterocycles. The summed E-state index contributed by atoms with van der Waals surface area (Å²) in [6, 6.07) is 4.72. The molecule has 1 heterocycles. The number of aromatic nitrogens is 1. The molecule has 0 saturated heterocycles. The molecule has 80 valence electrons. The van der Waals surface area contributed by atoms with E-state index in [0.29, 0.717) is 16.0 Å². The Balaban J connectivity index is 2.57. The van der Waals surface area contributed by atoms with Gasteiger partial charge in [-0.25, -0.2) is 0 Å². The van der Waals surface area contributed by atoms with Crippen LogP contribution in [0.15, 0.2) is 22.7 Å². The fraction of sp³-hybridized carbons (Fsp3) is 0.125. The molecule has 0 aliphatic rings. The highest BCUT2D eigenvalue weighted by Gasteiger charge is 2.15. The highest BCUT2D eigenvalue weighted by molar-refractivity contribution is 7.85.